The fraction of sp³-hybridized carbons (Fsp3) is 0.625. The molecule has 1 aliphatic rings. The minimum Gasteiger partial charge on any atom is -0.495 e. The monoisotopic (exact) mass is 341 g/mol. The summed E-state index contributed by atoms with van der Waals surface area (Å²) in [4.78, 5) is 2.57. The summed E-state index contributed by atoms with van der Waals surface area (Å²) in [6.45, 7) is 4.42. The largest absolute Gasteiger partial charge is 0.495 e. The zero-order chi connectivity index (χ0) is 14.2. The quantitative estimate of drug-likeness (QED) is 0.727. The SMILES string of the molecule is COc1cc(OCCCN2CCCCCC2)ccc1Br. The van der Waals surface area contributed by atoms with Crippen molar-refractivity contribution in [3.8, 4) is 11.5 Å². The lowest BCUT2D eigenvalue weighted by molar-refractivity contribution is 0.239. The predicted molar refractivity (Wildman–Crippen MR) is 85.7 cm³/mol. The number of ether oxygens (including phenoxy) is 2. The summed E-state index contributed by atoms with van der Waals surface area (Å²) < 4.78 is 12.0. The molecular formula is C16H24BrNO2. The summed E-state index contributed by atoms with van der Waals surface area (Å²) in [5.41, 5.74) is 0. The van der Waals surface area contributed by atoms with Crippen LogP contribution in [0.1, 0.15) is 32.1 Å². The van der Waals surface area contributed by atoms with Crippen molar-refractivity contribution in [1.82, 2.24) is 4.90 Å². The first kappa shape index (κ1) is 15.6. The van der Waals surface area contributed by atoms with Crippen LogP contribution in [0.15, 0.2) is 22.7 Å². The molecule has 1 fully saturated rings. The van der Waals surface area contributed by atoms with E-state index in [9.17, 15) is 0 Å². The molecule has 0 atom stereocenters. The van der Waals surface area contributed by atoms with Crippen LogP contribution in [-0.2, 0) is 0 Å². The first-order valence-corrected chi connectivity index (χ1v) is 8.27. The van der Waals surface area contributed by atoms with Gasteiger partial charge in [-0.05, 0) is 60.4 Å². The Hall–Kier alpha value is -0.740. The summed E-state index contributed by atoms with van der Waals surface area (Å²) in [7, 11) is 1.67. The van der Waals surface area contributed by atoms with Crippen molar-refractivity contribution in [2.24, 2.45) is 0 Å². The van der Waals surface area contributed by atoms with Crippen LogP contribution in [0, 0.1) is 0 Å². The number of benzene rings is 1. The normalized spacial score (nSPS) is 16.7. The molecule has 0 spiro atoms. The van der Waals surface area contributed by atoms with Crippen molar-refractivity contribution >= 4 is 15.9 Å². The van der Waals surface area contributed by atoms with E-state index in [0.29, 0.717) is 0 Å². The van der Waals surface area contributed by atoms with Gasteiger partial charge in [0.15, 0.2) is 0 Å². The van der Waals surface area contributed by atoms with Crippen LogP contribution in [0.2, 0.25) is 0 Å². The molecular weight excluding hydrogens is 318 g/mol. The van der Waals surface area contributed by atoms with E-state index in [1.807, 2.05) is 18.2 Å². The lowest BCUT2D eigenvalue weighted by Gasteiger charge is -2.19. The Morgan fingerprint density at radius 1 is 1.15 bits per heavy atom. The topological polar surface area (TPSA) is 21.7 Å². The second kappa shape index (κ2) is 8.53. The highest BCUT2D eigenvalue weighted by atomic mass is 79.9. The van der Waals surface area contributed by atoms with Gasteiger partial charge in [-0.2, -0.15) is 0 Å². The van der Waals surface area contributed by atoms with E-state index in [-0.39, 0.29) is 0 Å². The van der Waals surface area contributed by atoms with Gasteiger partial charge in [-0.1, -0.05) is 12.8 Å². The van der Waals surface area contributed by atoms with Crippen molar-refractivity contribution in [2.45, 2.75) is 32.1 Å². The van der Waals surface area contributed by atoms with Crippen LogP contribution in [-0.4, -0.2) is 38.3 Å². The number of hydrogen-bond acceptors (Lipinski definition) is 3. The Balaban J connectivity index is 1.70. The van der Waals surface area contributed by atoms with Gasteiger partial charge in [-0.3, -0.25) is 0 Å². The molecule has 0 saturated carbocycles. The smallest absolute Gasteiger partial charge is 0.136 e. The molecule has 0 bridgehead atoms. The van der Waals surface area contributed by atoms with E-state index >= 15 is 0 Å². The van der Waals surface area contributed by atoms with E-state index in [2.05, 4.69) is 20.8 Å². The summed E-state index contributed by atoms with van der Waals surface area (Å²) >= 11 is 3.44. The fourth-order valence-corrected chi connectivity index (χ4v) is 2.98. The zero-order valence-corrected chi connectivity index (χ0v) is 13.8. The third-order valence-electron chi connectivity index (χ3n) is 3.71. The maximum atomic E-state index is 5.80. The summed E-state index contributed by atoms with van der Waals surface area (Å²) in [6.07, 6.45) is 6.57. The van der Waals surface area contributed by atoms with Gasteiger partial charge < -0.3 is 14.4 Å². The molecule has 2 rings (SSSR count). The van der Waals surface area contributed by atoms with E-state index in [1.165, 1.54) is 38.8 Å². The fourth-order valence-electron chi connectivity index (χ4n) is 2.57. The zero-order valence-electron chi connectivity index (χ0n) is 12.2. The number of likely N-dealkylation sites (tertiary alicyclic amines) is 1. The molecule has 0 amide bonds. The molecule has 1 aromatic carbocycles. The molecule has 1 saturated heterocycles. The summed E-state index contributed by atoms with van der Waals surface area (Å²) in [5, 5.41) is 0. The molecule has 4 heteroatoms. The molecule has 0 N–H and O–H groups in total. The Kier molecular flexibility index (Phi) is 6.67. The summed E-state index contributed by atoms with van der Waals surface area (Å²) in [6, 6.07) is 5.86. The average Bonchev–Trinajstić information content (AvgIpc) is 2.74. The number of rotatable bonds is 6. The molecule has 1 aromatic rings. The molecule has 112 valence electrons. The van der Waals surface area contributed by atoms with Crippen molar-refractivity contribution in [3.63, 3.8) is 0 Å². The molecule has 0 aliphatic carbocycles. The highest BCUT2D eigenvalue weighted by Crippen LogP contribution is 2.29. The first-order valence-electron chi connectivity index (χ1n) is 7.48. The number of methoxy groups -OCH3 is 1. The maximum absolute atomic E-state index is 5.80. The molecule has 0 radical (unpaired) electrons. The second-order valence-electron chi connectivity index (χ2n) is 5.25. The van der Waals surface area contributed by atoms with Crippen molar-refractivity contribution in [3.05, 3.63) is 22.7 Å². The number of halogens is 1. The lowest BCUT2D eigenvalue weighted by Crippen LogP contribution is -2.26. The summed E-state index contributed by atoms with van der Waals surface area (Å²) in [5.74, 6) is 1.69. The highest BCUT2D eigenvalue weighted by Gasteiger charge is 2.08. The van der Waals surface area contributed by atoms with Crippen LogP contribution in [0.4, 0.5) is 0 Å². The first-order chi connectivity index (χ1) is 9.79. The minimum absolute atomic E-state index is 0.765. The van der Waals surface area contributed by atoms with Crippen molar-refractivity contribution in [1.29, 1.82) is 0 Å². The predicted octanol–water partition coefficient (Wildman–Crippen LogP) is 4.10. The standard InChI is InChI=1S/C16H24BrNO2/c1-19-16-13-14(7-8-15(16)17)20-12-6-11-18-9-4-2-3-5-10-18/h7-8,13H,2-6,9-12H2,1H3. The van der Waals surface area contributed by atoms with Crippen LogP contribution in [0.5, 0.6) is 11.5 Å². The Bertz CT molecular complexity index is 403. The maximum Gasteiger partial charge on any atom is 0.136 e. The van der Waals surface area contributed by atoms with Crippen molar-refractivity contribution in [2.75, 3.05) is 33.4 Å². The van der Waals surface area contributed by atoms with Gasteiger partial charge in [0, 0.05) is 12.6 Å². The Labute approximate surface area is 130 Å². The molecule has 0 unspecified atom stereocenters. The Morgan fingerprint density at radius 3 is 2.60 bits per heavy atom. The van der Waals surface area contributed by atoms with Gasteiger partial charge in [-0.15, -0.1) is 0 Å². The second-order valence-corrected chi connectivity index (χ2v) is 6.11. The lowest BCUT2D eigenvalue weighted by atomic mass is 10.2. The van der Waals surface area contributed by atoms with Crippen molar-refractivity contribution < 1.29 is 9.47 Å². The Morgan fingerprint density at radius 2 is 1.90 bits per heavy atom. The minimum atomic E-state index is 0.765. The average molecular weight is 342 g/mol. The third kappa shape index (κ3) is 4.98. The number of hydrogen-bond donors (Lipinski definition) is 0. The van der Waals surface area contributed by atoms with Gasteiger partial charge in [0.05, 0.1) is 18.2 Å². The van der Waals surface area contributed by atoms with E-state index in [4.69, 9.17) is 9.47 Å². The number of nitrogens with zero attached hydrogens (tertiary/aromatic N) is 1. The van der Waals surface area contributed by atoms with E-state index in [1.54, 1.807) is 7.11 Å². The van der Waals surface area contributed by atoms with Gasteiger partial charge in [-0.25, -0.2) is 0 Å². The van der Waals surface area contributed by atoms with Crippen LogP contribution in [0.3, 0.4) is 0 Å². The molecule has 1 heterocycles. The van der Waals surface area contributed by atoms with E-state index < -0.39 is 0 Å². The van der Waals surface area contributed by atoms with Gasteiger partial charge in [0.2, 0.25) is 0 Å². The molecule has 1 aliphatic heterocycles. The van der Waals surface area contributed by atoms with Gasteiger partial charge in [0.1, 0.15) is 11.5 Å². The van der Waals surface area contributed by atoms with Gasteiger partial charge in [0.25, 0.3) is 0 Å². The molecule has 0 aromatic heterocycles. The highest BCUT2D eigenvalue weighted by molar-refractivity contribution is 9.10. The van der Waals surface area contributed by atoms with E-state index in [0.717, 1.165) is 35.5 Å². The van der Waals surface area contributed by atoms with Crippen LogP contribution >= 0.6 is 15.9 Å². The van der Waals surface area contributed by atoms with Gasteiger partial charge >= 0.3 is 0 Å². The third-order valence-corrected chi connectivity index (χ3v) is 4.36. The van der Waals surface area contributed by atoms with Crippen LogP contribution in [0.25, 0.3) is 0 Å². The molecule has 20 heavy (non-hydrogen) atoms. The van der Waals surface area contributed by atoms with Crippen LogP contribution < -0.4 is 9.47 Å². The molecule has 3 nitrogen and oxygen atoms in total.